The zero-order valence-corrected chi connectivity index (χ0v) is 14.5. The maximum absolute atomic E-state index is 12.7. The summed E-state index contributed by atoms with van der Waals surface area (Å²) >= 11 is 0. The highest BCUT2D eigenvalue weighted by Crippen LogP contribution is 2.44. The van der Waals surface area contributed by atoms with Crippen LogP contribution in [0.3, 0.4) is 0 Å². The Hall–Kier alpha value is -4.29. The molecule has 28 heavy (non-hydrogen) atoms. The maximum Gasteiger partial charge on any atom is 0.252 e. The summed E-state index contributed by atoms with van der Waals surface area (Å²) in [6.45, 7) is 0. The van der Waals surface area contributed by atoms with Gasteiger partial charge in [0.25, 0.3) is 5.91 Å². The molecule has 0 atom stereocenters. The molecule has 0 aliphatic carbocycles. The Morgan fingerprint density at radius 2 is 1.36 bits per heavy atom. The van der Waals surface area contributed by atoms with Gasteiger partial charge in [0.05, 0.1) is 11.1 Å². The molecule has 134 valence electrons. The molecule has 3 N–H and O–H groups in total. The average molecular weight is 367 g/mol. The van der Waals surface area contributed by atoms with Gasteiger partial charge in [-0.15, -0.1) is 0 Å². The molecule has 6 heteroatoms. The molecule has 0 spiro atoms. The zero-order valence-electron chi connectivity index (χ0n) is 14.5. The third-order valence-corrected chi connectivity index (χ3v) is 4.98. The highest BCUT2D eigenvalue weighted by Gasteiger charge is 2.46. The van der Waals surface area contributed by atoms with Crippen molar-refractivity contribution in [1.29, 1.82) is 10.5 Å². The number of nitrogens with one attached hydrogen (secondary N) is 1. The van der Waals surface area contributed by atoms with Crippen LogP contribution in [0.1, 0.15) is 38.2 Å². The van der Waals surface area contributed by atoms with Gasteiger partial charge in [0.2, 0.25) is 0 Å². The molecule has 3 aromatic rings. The number of nitriles is 2. The molecule has 0 saturated carbocycles. The second kappa shape index (κ2) is 6.15. The first-order chi connectivity index (χ1) is 13.5. The van der Waals surface area contributed by atoms with Gasteiger partial charge in [0, 0.05) is 5.56 Å². The summed E-state index contributed by atoms with van der Waals surface area (Å²) in [4.78, 5) is 12.7. The second-order valence-corrected chi connectivity index (χ2v) is 6.44. The topological polar surface area (TPSA) is 117 Å². The summed E-state index contributed by atoms with van der Waals surface area (Å²) in [6, 6.07) is 20.0. The summed E-state index contributed by atoms with van der Waals surface area (Å²) in [7, 11) is 0. The van der Waals surface area contributed by atoms with Crippen LogP contribution >= 0.6 is 0 Å². The number of hydrogen-bond acceptors (Lipinski definition) is 5. The number of carbonyl (C=O) groups excluding carboxylic acids is 1. The van der Waals surface area contributed by atoms with Gasteiger partial charge in [-0.05, 0) is 47.0 Å². The summed E-state index contributed by atoms with van der Waals surface area (Å²) < 4.78 is 0. The van der Waals surface area contributed by atoms with Gasteiger partial charge in [0.15, 0.2) is 0 Å². The van der Waals surface area contributed by atoms with Crippen molar-refractivity contribution in [2.45, 2.75) is 5.54 Å². The van der Waals surface area contributed by atoms with Gasteiger partial charge in [-0.25, -0.2) is 0 Å². The lowest BCUT2D eigenvalue weighted by atomic mass is 9.77. The third-order valence-electron chi connectivity index (χ3n) is 4.98. The summed E-state index contributed by atoms with van der Waals surface area (Å²) in [5.74, 6) is -0.626. The smallest absolute Gasteiger partial charge is 0.252 e. The normalized spacial score (nSPS) is 13.9. The van der Waals surface area contributed by atoms with Gasteiger partial charge < -0.3 is 15.5 Å². The van der Waals surface area contributed by atoms with Crippen molar-refractivity contribution in [3.63, 3.8) is 0 Å². The average Bonchev–Trinajstić information content (AvgIpc) is 3.02. The monoisotopic (exact) mass is 367 g/mol. The molecule has 0 fully saturated rings. The van der Waals surface area contributed by atoms with E-state index in [0.29, 0.717) is 22.3 Å². The lowest BCUT2D eigenvalue weighted by Crippen LogP contribution is -2.41. The van der Waals surface area contributed by atoms with Crippen molar-refractivity contribution in [1.82, 2.24) is 5.32 Å². The zero-order chi connectivity index (χ0) is 19.9. The van der Waals surface area contributed by atoms with Crippen molar-refractivity contribution < 1.29 is 15.0 Å². The van der Waals surface area contributed by atoms with E-state index in [1.54, 1.807) is 36.4 Å². The van der Waals surface area contributed by atoms with E-state index in [0.717, 1.165) is 0 Å². The van der Waals surface area contributed by atoms with Crippen molar-refractivity contribution in [3.05, 3.63) is 94.0 Å². The lowest BCUT2D eigenvalue weighted by molar-refractivity contribution is 0.0948. The standard InChI is InChI=1S/C22H13N3O3/c23-11-13-9-15(5-7-19(13)26)22(16-6-8-20(27)14(10-16)12-24)18-4-2-1-3-17(18)21(28)25-22/h1-10,26-27H,(H,25,28). The van der Waals surface area contributed by atoms with Crippen LogP contribution in [-0.2, 0) is 5.54 Å². The molecule has 3 aromatic carbocycles. The Balaban J connectivity index is 2.09. The number of fused-ring (bicyclic) bond motifs is 1. The van der Waals surface area contributed by atoms with Crippen LogP contribution in [0.4, 0.5) is 0 Å². The molecule has 1 amide bonds. The number of carbonyl (C=O) groups is 1. The predicted octanol–water partition coefficient (Wildman–Crippen LogP) is 2.88. The van der Waals surface area contributed by atoms with E-state index in [2.05, 4.69) is 5.32 Å². The minimum atomic E-state index is -1.17. The van der Waals surface area contributed by atoms with Gasteiger partial charge in [-0.1, -0.05) is 30.3 Å². The van der Waals surface area contributed by atoms with Crippen LogP contribution in [0.2, 0.25) is 0 Å². The van der Waals surface area contributed by atoms with Crippen LogP contribution < -0.4 is 5.32 Å². The Labute approximate surface area is 160 Å². The van der Waals surface area contributed by atoms with Gasteiger partial charge in [-0.2, -0.15) is 10.5 Å². The molecule has 0 radical (unpaired) electrons. The number of benzene rings is 3. The molecule has 0 unspecified atom stereocenters. The minimum absolute atomic E-state index is 0.0646. The van der Waals surface area contributed by atoms with E-state index in [1.807, 2.05) is 12.1 Å². The second-order valence-electron chi connectivity index (χ2n) is 6.44. The molecule has 6 nitrogen and oxygen atoms in total. The van der Waals surface area contributed by atoms with E-state index in [1.165, 1.54) is 24.3 Å². The molecule has 1 aliphatic rings. The number of phenols is 2. The number of phenolic OH excluding ortho intramolecular Hbond substituents is 2. The largest absolute Gasteiger partial charge is 0.507 e. The molecular weight excluding hydrogens is 354 g/mol. The van der Waals surface area contributed by atoms with E-state index in [9.17, 15) is 25.5 Å². The Bertz CT molecular complexity index is 1150. The highest BCUT2D eigenvalue weighted by molar-refractivity contribution is 6.01. The minimum Gasteiger partial charge on any atom is -0.507 e. The first-order valence-corrected chi connectivity index (χ1v) is 8.40. The van der Waals surface area contributed by atoms with Crippen molar-refractivity contribution in [3.8, 4) is 23.6 Å². The Morgan fingerprint density at radius 1 is 0.821 bits per heavy atom. The maximum atomic E-state index is 12.7. The fourth-order valence-corrected chi connectivity index (χ4v) is 3.65. The molecule has 1 aliphatic heterocycles. The summed E-state index contributed by atoms with van der Waals surface area (Å²) in [5, 5.41) is 41.5. The quantitative estimate of drug-likeness (QED) is 0.644. The first-order valence-electron chi connectivity index (χ1n) is 8.40. The fraction of sp³-hybridized carbons (Fsp3) is 0.0455. The number of rotatable bonds is 2. The van der Waals surface area contributed by atoms with Crippen molar-refractivity contribution >= 4 is 5.91 Å². The SMILES string of the molecule is N#Cc1cc(C2(c3ccc(O)c(C#N)c3)NC(=O)c3ccccc32)ccc1O. The number of amides is 1. The van der Waals surface area contributed by atoms with Crippen LogP contribution in [-0.4, -0.2) is 16.1 Å². The van der Waals surface area contributed by atoms with Gasteiger partial charge in [-0.3, -0.25) is 4.79 Å². The molecular formula is C22H13N3O3. The summed E-state index contributed by atoms with van der Waals surface area (Å²) in [5.41, 5.74) is 1.19. The van der Waals surface area contributed by atoms with E-state index in [4.69, 9.17) is 0 Å². The van der Waals surface area contributed by atoms with Gasteiger partial charge in [0.1, 0.15) is 29.2 Å². The third kappa shape index (κ3) is 2.29. The van der Waals surface area contributed by atoms with Crippen LogP contribution in [0.5, 0.6) is 11.5 Å². The number of aromatic hydroxyl groups is 2. The van der Waals surface area contributed by atoms with Crippen molar-refractivity contribution in [2.24, 2.45) is 0 Å². The first kappa shape index (κ1) is 17.1. The number of hydrogen-bond donors (Lipinski definition) is 3. The molecule has 0 bridgehead atoms. The van der Waals surface area contributed by atoms with Crippen LogP contribution in [0, 0.1) is 22.7 Å². The van der Waals surface area contributed by atoms with Crippen LogP contribution in [0.15, 0.2) is 60.7 Å². The predicted molar refractivity (Wildman–Crippen MR) is 99.4 cm³/mol. The summed E-state index contributed by atoms with van der Waals surface area (Å²) in [6.07, 6.45) is 0. The van der Waals surface area contributed by atoms with Gasteiger partial charge >= 0.3 is 0 Å². The lowest BCUT2D eigenvalue weighted by Gasteiger charge is -2.32. The Kier molecular flexibility index (Phi) is 3.77. The van der Waals surface area contributed by atoms with E-state index in [-0.39, 0.29) is 28.5 Å². The number of nitrogens with zero attached hydrogens (tertiary/aromatic N) is 2. The van der Waals surface area contributed by atoms with Crippen molar-refractivity contribution in [2.75, 3.05) is 0 Å². The molecule has 0 saturated heterocycles. The molecule has 4 rings (SSSR count). The Morgan fingerprint density at radius 3 is 1.89 bits per heavy atom. The molecule has 0 aromatic heterocycles. The fourth-order valence-electron chi connectivity index (χ4n) is 3.65. The van der Waals surface area contributed by atoms with E-state index < -0.39 is 5.54 Å². The highest BCUT2D eigenvalue weighted by atomic mass is 16.3. The van der Waals surface area contributed by atoms with E-state index >= 15 is 0 Å². The van der Waals surface area contributed by atoms with Crippen LogP contribution in [0.25, 0.3) is 0 Å². The molecule has 1 heterocycles.